The van der Waals surface area contributed by atoms with Gasteiger partial charge in [0.25, 0.3) is 0 Å². The average Bonchev–Trinajstić information content (AvgIpc) is 2.80. The summed E-state index contributed by atoms with van der Waals surface area (Å²) in [4.78, 5) is 4.11. The summed E-state index contributed by atoms with van der Waals surface area (Å²) in [7, 11) is -3.62. The zero-order chi connectivity index (χ0) is 14.8. The van der Waals surface area contributed by atoms with Crippen LogP contribution in [0.25, 0.3) is 0 Å². The topological polar surface area (TPSA) is 98.2 Å². The Morgan fingerprint density at radius 2 is 2.15 bits per heavy atom. The molecule has 0 amide bonds. The van der Waals surface area contributed by atoms with E-state index in [2.05, 4.69) is 9.71 Å². The lowest BCUT2D eigenvalue weighted by molar-refractivity contribution is 0.478. The lowest BCUT2D eigenvalue weighted by Crippen LogP contribution is -2.24. The minimum absolute atomic E-state index is 0.125. The van der Waals surface area contributed by atoms with Crippen molar-refractivity contribution in [2.75, 3.05) is 0 Å². The molecular weight excluding hydrogens is 278 g/mol. The Hall–Kier alpha value is -1.70. The van der Waals surface area contributed by atoms with Crippen LogP contribution >= 0.6 is 0 Å². The lowest BCUT2D eigenvalue weighted by Gasteiger charge is -2.07. The zero-order valence-electron chi connectivity index (χ0n) is 11.4. The number of pyridine rings is 1. The molecule has 0 saturated heterocycles. The number of hydrogen-bond acceptors (Lipinski definition) is 5. The molecule has 0 spiro atoms. The predicted molar refractivity (Wildman–Crippen MR) is 74.3 cm³/mol. The minimum Gasteiger partial charge on any atom is -0.464 e. The summed E-state index contributed by atoms with van der Waals surface area (Å²) in [5.74, 6) is 0.779. The fourth-order valence-electron chi connectivity index (χ4n) is 1.82. The van der Waals surface area contributed by atoms with Gasteiger partial charge in [0.1, 0.15) is 16.4 Å². The molecule has 2 heterocycles. The van der Waals surface area contributed by atoms with Gasteiger partial charge in [0, 0.05) is 25.0 Å². The third-order valence-electron chi connectivity index (χ3n) is 3.01. The summed E-state index contributed by atoms with van der Waals surface area (Å²) in [5.41, 5.74) is 7.25. The van der Waals surface area contributed by atoms with Crippen molar-refractivity contribution in [1.82, 2.24) is 9.71 Å². The van der Waals surface area contributed by atoms with E-state index in [0.29, 0.717) is 11.5 Å². The number of hydrogen-bond donors (Lipinski definition) is 2. The maximum atomic E-state index is 12.2. The molecule has 0 aromatic carbocycles. The second-order valence-corrected chi connectivity index (χ2v) is 6.20. The van der Waals surface area contributed by atoms with Gasteiger partial charge < -0.3 is 10.2 Å². The maximum Gasteiger partial charge on any atom is 0.244 e. The Morgan fingerprint density at radius 3 is 2.75 bits per heavy atom. The average molecular weight is 295 g/mol. The van der Waals surface area contributed by atoms with Crippen LogP contribution in [-0.2, 0) is 23.1 Å². The first-order valence-electron chi connectivity index (χ1n) is 6.12. The van der Waals surface area contributed by atoms with Crippen molar-refractivity contribution >= 4 is 10.0 Å². The molecule has 2 aromatic rings. The molecular formula is C13H17N3O3S. The third kappa shape index (κ3) is 3.06. The van der Waals surface area contributed by atoms with Crippen LogP contribution in [0.2, 0.25) is 0 Å². The zero-order valence-corrected chi connectivity index (χ0v) is 12.2. The summed E-state index contributed by atoms with van der Waals surface area (Å²) in [5, 5.41) is 0. The molecule has 2 rings (SSSR count). The minimum atomic E-state index is -3.62. The van der Waals surface area contributed by atoms with Gasteiger partial charge in [0.15, 0.2) is 0 Å². The molecule has 0 atom stereocenters. The summed E-state index contributed by atoms with van der Waals surface area (Å²) in [6.45, 7) is 3.85. The first kappa shape index (κ1) is 14.7. The number of nitrogens with one attached hydrogen (secondary N) is 1. The van der Waals surface area contributed by atoms with Crippen LogP contribution in [0.1, 0.15) is 22.6 Å². The Morgan fingerprint density at radius 1 is 1.40 bits per heavy atom. The molecule has 0 fully saturated rings. The SMILES string of the molecule is Cc1ccncc1CNS(=O)(=O)c1cc(CN)oc1C. The summed E-state index contributed by atoms with van der Waals surface area (Å²) in [6, 6.07) is 3.28. The van der Waals surface area contributed by atoms with E-state index in [1.165, 1.54) is 6.07 Å². The number of furan rings is 1. The van der Waals surface area contributed by atoms with E-state index >= 15 is 0 Å². The van der Waals surface area contributed by atoms with Crippen LogP contribution in [-0.4, -0.2) is 13.4 Å². The Labute approximate surface area is 118 Å². The van der Waals surface area contributed by atoms with Crippen LogP contribution in [0.4, 0.5) is 0 Å². The molecule has 0 unspecified atom stereocenters. The molecule has 0 bridgehead atoms. The van der Waals surface area contributed by atoms with Crippen molar-refractivity contribution in [1.29, 1.82) is 0 Å². The Kier molecular flexibility index (Phi) is 4.22. The molecule has 0 radical (unpaired) electrons. The fourth-order valence-corrected chi connectivity index (χ4v) is 3.03. The van der Waals surface area contributed by atoms with Crippen LogP contribution in [0, 0.1) is 13.8 Å². The van der Waals surface area contributed by atoms with Gasteiger partial charge in [-0.15, -0.1) is 0 Å². The smallest absolute Gasteiger partial charge is 0.244 e. The molecule has 6 nitrogen and oxygen atoms in total. The van der Waals surface area contributed by atoms with Crippen molar-refractivity contribution in [3.63, 3.8) is 0 Å². The third-order valence-corrected chi connectivity index (χ3v) is 4.52. The number of rotatable bonds is 5. The number of aryl methyl sites for hydroxylation is 2. The van der Waals surface area contributed by atoms with Gasteiger partial charge in [-0.2, -0.15) is 0 Å². The lowest BCUT2D eigenvalue weighted by atomic mass is 10.2. The molecule has 0 aliphatic rings. The summed E-state index contributed by atoms with van der Waals surface area (Å²) in [6.07, 6.45) is 3.31. The monoisotopic (exact) mass is 295 g/mol. The van der Waals surface area contributed by atoms with E-state index < -0.39 is 10.0 Å². The molecule has 0 aliphatic carbocycles. The van der Waals surface area contributed by atoms with E-state index in [0.717, 1.165) is 11.1 Å². The van der Waals surface area contributed by atoms with Crippen LogP contribution in [0.3, 0.4) is 0 Å². The van der Waals surface area contributed by atoms with Gasteiger partial charge in [-0.3, -0.25) is 4.98 Å². The van der Waals surface area contributed by atoms with Gasteiger partial charge >= 0.3 is 0 Å². The summed E-state index contributed by atoms with van der Waals surface area (Å²) < 4.78 is 32.3. The maximum absolute atomic E-state index is 12.2. The van der Waals surface area contributed by atoms with Crippen LogP contribution in [0.5, 0.6) is 0 Å². The normalized spacial score (nSPS) is 11.8. The summed E-state index contributed by atoms with van der Waals surface area (Å²) >= 11 is 0. The van der Waals surface area contributed by atoms with Gasteiger partial charge in [0.05, 0.1) is 6.54 Å². The first-order valence-corrected chi connectivity index (χ1v) is 7.61. The molecule has 0 aliphatic heterocycles. The fraction of sp³-hybridized carbons (Fsp3) is 0.308. The highest BCUT2D eigenvalue weighted by molar-refractivity contribution is 7.89. The van der Waals surface area contributed by atoms with Crippen LogP contribution < -0.4 is 10.5 Å². The van der Waals surface area contributed by atoms with E-state index in [-0.39, 0.29) is 18.0 Å². The first-order chi connectivity index (χ1) is 9.44. The molecule has 7 heteroatoms. The van der Waals surface area contributed by atoms with E-state index in [9.17, 15) is 8.42 Å². The molecule has 20 heavy (non-hydrogen) atoms. The molecule has 2 aromatic heterocycles. The standard InChI is InChI=1S/C13H17N3O3S/c1-9-3-4-15-7-11(9)8-16-20(17,18)13-5-12(6-14)19-10(13)2/h3-5,7,16H,6,8,14H2,1-2H3. The Balaban J connectivity index is 2.19. The number of aromatic nitrogens is 1. The van der Waals surface area contributed by atoms with Gasteiger partial charge in [0.2, 0.25) is 10.0 Å². The van der Waals surface area contributed by atoms with E-state index in [4.69, 9.17) is 10.2 Å². The molecule has 108 valence electrons. The van der Waals surface area contributed by atoms with Gasteiger partial charge in [-0.25, -0.2) is 13.1 Å². The van der Waals surface area contributed by atoms with Crippen molar-refractivity contribution in [3.05, 3.63) is 47.2 Å². The van der Waals surface area contributed by atoms with Crippen molar-refractivity contribution in [2.24, 2.45) is 5.73 Å². The van der Waals surface area contributed by atoms with E-state index in [1.807, 2.05) is 13.0 Å². The molecule has 3 N–H and O–H groups in total. The highest BCUT2D eigenvalue weighted by Crippen LogP contribution is 2.20. The largest absolute Gasteiger partial charge is 0.464 e. The van der Waals surface area contributed by atoms with Crippen molar-refractivity contribution < 1.29 is 12.8 Å². The highest BCUT2D eigenvalue weighted by atomic mass is 32.2. The quantitative estimate of drug-likeness (QED) is 0.864. The van der Waals surface area contributed by atoms with Crippen molar-refractivity contribution in [3.8, 4) is 0 Å². The van der Waals surface area contributed by atoms with Crippen LogP contribution in [0.15, 0.2) is 33.8 Å². The highest BCUT2D eigenvalue weighted by Gasteiger charge is 2.21. The number of nitrogens with zero attached hydrogens (tertiary/aromatic N) is 1. The second-order valence-electron chi connectivity index (χ2n) is 4.46. The van der Waals surface area contributed by atoms with E-state index in [1.54, 1.807) is 19.3 Å². The van der Waals surface area contributed by atoms with Gasteiger partial charge in [-0.05, 0) is 31.0 Å². The van der Waals surface area contributed by atoms with Gasteiger partial charge in [-0.1, -0.05) is 0 Å². The number of nitrogens with two attached hydrogens (primary N) is 1. The molecule has 0 saturated carbocycles. The number of sulfonamides is 1. The predicted octanol–water partition coefficient (Wildman–Crippen LogP) is 1.23. The Bertz CT molecular complexity index is 707. The van der Waals surface area contributed by atoms with Crippen molar-refractivity contribution in [2.45, 2.75) is 31.8 Å². The second kappa shape index (κ2) is 5.74.